The van der Waals surface area contributed by atoms with Crippen LogP contribution in [0.2, 0.25) is 5.15 Å². The number of carboxylic acid groups (broad SMARTS) is 1. The molecule has 16 heavy (non-hydrogen) atoms. The maximum Gasteiger partial charge on any atom is 0.307 e. The van der Waals surface area contributed by atoms with Crippen molar-refractivity contribution in [1.29, 1.82) is 5.26 Å². The zero-order valence-corrected chi connectivity index (χ0v) is 8.50. The van der Waals surface area contributed by atoms with Crippen LogP contribution in [0.4, 0.5) is 8.78 Å². The third-order valence-electron chi connectivity index (χ3n) is 1.79. The van der Waals surface area contributed by atoms with Crippen LogP contribution in [-0.4, -0.2) is 16.1 Å². The van der Waals surface area contributed by atoms with Crippen molar-refractivity contribution in [2.45, 2.75) is 12.8 Å². The molecule has 7 heteroatoms. The number of pyridine rings is 1. The molecule has 1 rings (SSSR count). The summed E-state index contributed by atoms with van der Waals surface area (Å²) in [7, 11) is 0. The number of halogens is 3. The summed E-state index contributed by atoms with van der Waals surface area (Å²) in [5.41, 5.74) is -1.10. The van der Waals surface area contributed by atoms with Gasteiger partial charge in [-0.1, -0.05) is 11.6 Å². The first kappa shape index (κ1) is 12.3. The third-order valence-corrected chi connectivity index (χ3v) is 2.10. The lowest BCUT2D eigenvalue weighted by atomic mass is 10.1. The summed E-state index contributed by atoms with van der Waals surface area (Å²) in [6.07, 6.45) is -3.56. The zero-order valence-electron chi connectivity index (χ0n) is 7.75. The molecule has 0 aliphatic heterocycles. The average molecular weight is 247 g/mol. The molecular weight excluding hydrogens is 242 g/mol. The first-order chi connectivity index (χ1) is 7.45. The maximum absolute atomic E-state index is 12.6. The Kier molecular flexibility index (Phi) is 3.74. The molecule has 4 nitrogen and oxygen atoms in total. The Bertz CT molecular complexity index is 471. The second-order valence-corrected chi connectivity index (χ2v) is 3.21. The van der Waals surface area contributed by atoms with Crippen LogP contribution in [0.25, 0.3) is 0 Å². The van der Waals surface area contributed by atoms with Gasteiger partial charge in [0.1, 0.15) is 16.9 Å². The molecule has 1 heterocycles. The smallest absolute Gasteiger partial charge is 0.307 e. The Morgan fingerprint density at radius 2 is 2.31 bits per heavy atom. The summed E-state index contributed by atoms with van der Waals surface area (Å²) < 4.78 is 25.2. The SMILES string of the molecule is N#Cc1cc(C(F)F)c(CC(=O)O)c(Cl)n1. The zero-order chi connectivity index (χ0) is 12.3. The Hall–Kier alpha value is -1.74. The van der Waals surface area contributed by atoms with E-state index in [-0.39, 0.29) is 16.4 Å². The van der Waals surface area contributed by atoms with Crippen LogP contribution in [0.5, 0.6) is 0 Å². The van der Waals surface area contributed by atoms with Gasteiger partial charge in [0.15, 0.2) is 0 Å². The van der Waals surface area contributed by atoms with Crippen LogP contribution in [0.3, 0.4) is 0 Å². The van der Waals surface area contributed by atoms with Gasteiger partial charge in [-0.3, -0.25) is 4.79 Å². The summed E-state index contributed by atoms with van der Waals surface area (Å²) in [4.78, 5) is 13.9. The van der Waals surface area contributed by atoms with Crippen molar-refractivity contribution < 1.29 is 18.7 Å². The van der Waals surface area contributed by atoms with E-state index in [4.69, 9.17) is 22.0 Å². The van der Waals surface area contributed by atoms with Crippen LogP contribution < -0.4 is 0 Å². The van der Waals surface area contributed by atoms with Crippen LogP contribution in [0, 0.1) is 11.3 Å². The van der Waals surface area contributed by atoms with Gasteiger partial charge >= 0.3 is 5.97 Å². The lowest BCUT2D eigenvalue weighted by Crippen LogP contribution is -2.07. The summed E-state index contributed by atoms with van der Waals surface area (Å²) in [6, 6.07) is 2.41. The fourth-order valence-corrected chi connectivity index (χ4v) is 1.40. The molecule has 0 spiro atoms. The highest BCUT2D eigenvalue weighted by Gasteiger charge is 2.20. The topological polar surface area (TPSA) is 74.0 Å². The highest BCUT2D eigenvalue weighted by molar-refractivity contribution is 6.30. The first-order valence-corrected chi connectivity index (χ1v) is 4.43. The largest absolute Gasteiger partial charge is 0.481 e. The number of rotatable bonds is 3. The Labute approximate surface area is 94.1 Å². The van der Waals surface area contributed by atoms with E-state index in [0.717, 1.165) is 6.07 Å². The summed E-state index contributed by atoms with van der Waals surface area (Å²) in [6.45, 7) is 0. The number of carbonyl (C=O) groups is 1. The van der Waals surface area contributed by atoms with Gasteiger partial charge in [-0.05, 0) is 6.07 Å². The van der Waals surface area contributed by atoms with Crippen LogP contribution >= 0.6 is 11.6 Å². The fraction of sp³-hybridized carbons (Fsp3) is 0.222. The van der Waals surface area contributed by atoms with E-state index in [1.54, 1.807) is 6.07 Å². The van der Waals surface area contributed by atoms with E-state index in [0.29, 0.717) is 0 Å². The van der Waals surface area contributed by atoms with E-state index >= 15 is 0 Å². The summed E-state index contributed by atoms with van der Waals surface area (Å²) in [5.74, 6) is -1.30. The van der Waals surface area contributed by atoms with Gasteiger partial charge in [0.2, 0.25) is 0 Å². The number of nitrogens with zero attached hydrogens (tertiary/aromatic N) is 2. The lowest BCUT2D eigenvalue weighted by Gasteiger charge is -2.08. The van der Waals surface area contributed by atoms with Gasteiger partial charge in [0.05, 0.1) is 6.42 Å². The molecule has 0 aliphatic carbocycles. The molecule has 0 aliphatic rings. The molecule has 0 unspecified atom stereocenters. The minimum absolute atomic E-state index is 0.261. The van der Waals surface area contributed by atoms with Crippen LogP contribution in [0.15, 0.2) is 6.07 Å². The molecule has 0 radical (unpaired) electrons. The van der Waals surface area contributed by atoms with Crippen molar-refractivity contribution in [3.8, 4) is 6.07 Å². The van der Waals surface area contributed by atoms with E-state index in [1.807, 2.05) is 0 Å². The highest BCUT2D eigenvalue weighted by Crippen LogP contribution is 2.28. The van der Waals surface area contributed by atoms with Crippen molar-refractivity contribution in [2.24, 2.45) is 0 Å². The number of nitriles is 1. The molecule has 1 N–H and O–H groups in total. The van der Waals surface area contributed by atoms with Gasteiger partial charge in [0.25, 0.3) is 6.43 Å². The maximum atomic E-state index is 12.6. The Morgan fingerprint density at radius 3 is 2.75 bits per heavy atom. The molecule has 0 saturated heterocycles. The van der Waals surface area contributed by atoms with Crippen molar-refractivity contribution in [2.75, 3.05) is 0 Å². The van der Waals surface area contributed by atoms with Gasteiger partial charge < -0.3 is 5.11 Å². The van der Waals surface area contributed by atoms with Gasteiger partial charge in [-0.2, -0.15) is 5.26 Å². The van der Waals surface area contributed by atoms with E-state index in [1.165, 1.54) is 0 Å². The summed E-state index contributed by atoms with van der Waals surface area (Å²) >= 11 is 5.54. The molecule has 84 valence electrons. The molecule has 1 aromatic heterocycles. The number of hydrogen-bond acceptors (Lipinski definition) is 3. The number of hydrogen-bond donors (Lipinski definition) is 1. The van der Waals surface area contributed by atoms with Gasteiger partial charge in [-0.15, -0.1) is 0 Å². The number of alkyl halides is 2. The van der Waals surface area contributed by atoms with E-state index in [9.17, 15) is 13.6 Å². The van der Waals surface area contributed by atoms with Crippen molar-refractivity contribution in [3.05, 3.63) is 28.0 Å². The second-order valence-electron chi connectivity index (χ2n) is 2.85. The first-order valence-electron chi connectivity index (χ1n) is 4.05. The number of aromatic nitrogens is 1. The van der Waals surface area contributed by atoms with Crippen molar-refractivity contribution in [1.82, 2.24) is 4.98 Å². The normalized spacial score (nSPS) is 10.2. The Balaban J connectivity index is 3.35. The summed E-state index contributed by atoms with van der Waals surface area (Å²) in [5, 5.41) is 16.7. The molecule has 0 aromatic carbocycles. The average Bonchev–Trinajstić information content (AvgIpc) is 2.19. The molecule has 0 fully saturated rings. The van der Waals surface area contributed by atoms with Crippen molar-refractivity contribution in [3.63, 3.8) is 0 Å². The third kappa shape index (κ3) is 2.64. The van der Waals surface area contributed by atoms with E-state index < -0.39 is 24.4 Å². The number of aliphatic carboxylic acids is 1. The van der Waals surface area contributed by atoms with Gasteiger partial charge in [-0.25, -0.2) is 13.8 Å². The Morgan fingerprint density at radius 1 is 1.69 bits per heavy atom. The predicted octanol–water partition coefficient (Wildman–Crippen LogP) is 2.17. The minimum Gasteiger partial charge on any atom is -0.481 e. The van der Waals surface area contributed by atoms with Gasteiger partial charge in [0, 0.05) is 11.1 Å². The molecule has 0 amide bonds. The molecule has 0 saturated carbocycles. The predicted molar refractivity (Wildman–Crippen MR) is 50.3 cm³/mol. The van der Waals surface area contributed by atoms with Crippen LogP contribution in [-0.2, 0) is 11.2 Å². The van der Waals surface area contributed by atoms with E-state index in [2.05, 4.69) is 4.98 Å². The standard InChI is InChI=1S/C9H5ClF2N2O2/c10-8-5(2-7(15)16)6(9(11)12)1-4(3-13)14-8/h1,9H,2H2,(H,15,16). The number of carboxylic acids is 1. The minimum atomic E-state index is -2.90. The fourth-order valence-electron chi connectivity index (χ4n) is 1.14. The second kappa shape index (κ2) is 4.86. The van der Waals surface area contributed by atoms with Crippen molar-refractivity contribution >= 4 is 17.6 Å². The quantitative estimate of drug-likeness (QED) is 0.830. The lowest BCUT2D eigenvalue weighted by molar-refractivity contribution is -0.136. The monoisotopic (exact) mass is 246 g/mol. The highest BCUT2D eigenvalue weighted by atomic mass is 35.5. The molecule has 1 aromatic rings. The van der Waals surface area contributed by atoms with Crippen LogP contribution in [0.1, 0.15) is 23.2 Å². The molecule has 0 bridgehead atoms. The molecular formula is C9H5ClF2N2O2. The molecule has 0 atom stereocenters.